The molecule has 2 aromatic rings. The quantitative estimate of drug-likeness (QED) is 0.801. The van der Waals surface area contributed by atoms with E-state index in [4.69, 9.17) is 4.74 Å². The van der Waals surface area contributed by atoms with Crippen LogP contribution in [0.3, 0.4) is 0 Å². The number of pyridine rings is 1. The maximum Gasteiger partial charge on any atom is 0.167 e. The number of carbonyl (C=O) groups excluding carboxylic acids is 1. The van der Waals surface area contributed by atoms with E-state index in [1.807, 2.05) is 25.1 Å². The highest BCUT2D eigenvalue weighted by atomic mass is 16.5. The number of hydrogen-bond donors (Lipinski definition) is 0. The molecule has 0 radical (unpaired) electrons. The number of aryl methyl sites for hydroxylation is 1. The van der Waals surface area contributed by atoms with Crippen LogP contribution in [0.15, 0.2) is 42.7 Å². The summed E-state index contributed by atoms with van der Waals surface area (Å²) in [6.07, 6.45) is 4.55. The van der Waals surface area contributed by atoms with Crippen molar-refractivity contribution < 1.29 is 9.53 Å². The fourth-order valence-electron chi connectivity index (χ4n) is 2.64. The molecule has 3 nitrogen and oxygen atoms in total. The Morgan fingerprint density at radius 1 is 1.35 bits per heavy atom. The van der Waals surface area contributed by atoms with E-state index in [-0.39, 0.29) is 11.9 Å². The summed E-state index contributed by atoms with van der Waals surface area (Å²) in [6.45, 7) is 2.62. The maximum atomic E-state index is 12.4. The monoisotopic (exact) mass is 267 g/mol. The largest absolute Gasteiger partial charge is 0.373 e. The van der Waals surface area contributed by atoms with Crippen LogP contribution in [0, 0.1) is 6.92 Å². The number of rotatable bonds is 3. The summed E-state index contributed by atoms with van der Waals surface area (Å²) in [7, 11) is 0. The molecule has 0 N–H and O–H groups in total. The number of ketones is 1. The minimum atomic E-state index is -0.132. The molecule has 1 aliphatic heterocycles. The van der Waals surface area contributed by atoms with Gasteiger partial charge >= 0.3 is 0 Å². The van der Waals surface area contributed by atoms with E-state index in [9.17, 15) is 4.79 Å². The topological polar surface area (TPSA) is 39.2 Å². The molecular formula is C17H17NO2. The van der Waals surface area contributed by atoms with Gasteiger partial charge in [0.1, 0.15) is 0 Å². The zero-order chi connectivity index (χ0) is 13.9. The smallest absolute Gasteiger partial charge is 0.167 e. The minimum Gasteiger partial charge on any atom is -0.373 e. The van der Waals surface area contributed by atoms with E-state index >= 15 is 0 Å². The average Bonchev–Trinajstić information content (AvgIpc) is 2.47. The van der Waals surface area contributed by atoms with Crippen molar-refractivity contribution in [3.8, 4) is 0 Å². The Morgan fingerprint density at radius 2 is 2.20 bits per heavy atom. The SMILES string of the molecule is Cc1cncc(C(=O)CC2OCCc3ccccc32)c1. The lowest BCUT2D eigenvalue weighted by molar-refractivity contribution is 0.0352. The number of aromatic nitrogens is 1. The second kappa shape index (κ2) is 5.55. The van der Waals surface area contributed by atoms with Crippen molar-refractivity contribution in [2.45, 2.75) is 25.9 Å². The van der Waals surface area contributed by atoms with E-state index in [1.165, 1.54) is 5.56 Å². The molecule has 2 heterocycles. The van der Waals surface area contributed by atoms with Gasteiger partial charge in [-0.25, -0.2) is 0 Å². The van der Waals surface area contributed by atoms with Gasteiger partial charge in [-0.3, -0.25) is 9.78 Å². The van der Waals surface area contributed by atoms with Crippen molar-refractivity contribution in [1.82, 2.24) is 4.98 Å². The summed E-state index contributed by atoms with van der Waals surface area (Å²) in [5.41, 5.74) is 4.10. The summed E-state index contributed by atoms with van der Waals surface area (Å²) in [6, 6.07) is 10.1. The van der Waals surface area contributed by atoms with Gasteiger partial charge in [-0.05, 0) is 36.1 Å². The van der Waals surface area contributed by atoms with Crippen molar-refractivity contribution in [3.05, 3.63) is 65.0 Å². The number of ether oxygens (including phenoxy) is 1. The van der Waals surface area contributed by atoms with Crippen LogP contribution >= 0.6 is 0 Å². The van der Waals surface area contributed by atoms with E-state index in [2.05, 4.69) is 17.1 Å². The lowest BCUT2D eigenvalue weighted by atomic mass is 9.93. The van der Waals surface area contributed by atoms with Gasteiger partial charge in [0.25, 0.3) is 0 Å². The zero-order valence-electron chi connectivity index (χ0n) is 11.5. The molecular weight excluding hydrogens is 250 g/mol. The first-order valence-corrected chi connectivity index (χ1v) is 6.88. The van der Waals surface area contributed by atoms with Crippen LogP contribution in [0.5, 0.6) is 0 Å². The highest BCUT2D eigenvalue weighted by Gasteiger charge is 2.23. The Bertz CT molecular complexity index is 636. The molecule has 20 heavy (non-hydrogen) atoms. The number of carbonyl (C=O) groups is 1. The van der Waals surface area contributed by atoms with Gasteiger partial charge in [-0.1, -0.05) is 24.3 Å². The predicted molar refractivity (Wildman–Crippen MR) is 76.8 cm³/mol. The van der Waals surface area contributed by atoms with Crippen molar-refractivity contribution in [2.75, 3.05) is 6.61 Å². The summed E-state index contributed by atoms with van der Waals surface area (Å²) < 4.78 is 5.79. The summed E-state index contributed by atoms with van der Waals surface area (Å²) in [4.78, 5) is 16.4. The molecule has 1 aliphatic rings. The minimum absolute atomic E-state index is 0.0860. The van der Waals surface area contributed by atoms with Crippen molar-refractivity contribution >= 4 is 5.78 Å². The van der Waals surface area contributed by atoms with Gasteiger partial charge in [0, 0.05) is 24.4 Å². The Morgan fingerprint density at radius 3 is 3.05 bits per heavy atom. The number of nitrogens with zero attached hydrogens (tertiary/aromatic N) is 1. The van der Waals surface area contributed by atoms with Crippen LogP contribution in [0.4, 0.5) is 0 Å². The number of benzene rings is 1. The van der Waals surface area contributed by atoms with E-state index in [0.29, 0.717) is 18.6 Å². The number of hydrogen-bond acceptors (Lipinski definition) is 3. The molecule has 0 saturated heterocycles. The molecule has 102 valence electrons. The van der Waals surface area contributed by atoms with Crippen LogP contribution in [-0.2, 0) is 11.2 Å². The average molecular weight is 267 g/mol. The molecule has 1 atom stereocenters. The first-order valence-electron chi connectivity index (χ1n) is 6.88. The van der Waals surface area contributed by atoms with E-state index in [1.54, 1.807) is 12.4 Å². The summed E-state index contributed by atoms with van der Waals surface area (Å²) in [5, 5.41) is 0. The number of fused-ring (bicyclic) bond motifs is 1. The normalized spacial score (nSPS) is 17.6. The molecule has 0 spiro atoms. The van der Waals surface area contributed by atoms with Gasteiger partial charge in [0.2, 0.25) is 0 Å². The third-order valence-electron chi connectivity index (χ3n) is 3.66. The van der Waals surface area contributed by atoms with Crippen LogP contribution in [-0.4, -0.2) is 17.4 Å². The fourth-order valence-corrected chi connectivity index (χ4v) is 2.64. The Balaban J connectivity index is 1.81. The van der Waals surface area contributed by atoms with E-state index < -0.39 is 0 Å². The molecule has 3 heteroatoms. The summed E-state index contributed by atoms with van der Waals surface area (Å²) in [5.74, 6) is 0.0860. The Labute approximate surface area is 118 Å². The van der Waals surface area contributed by atoms with Gasteiger partial charge in [-0.15, -0.1) is 0 Å². The highest BCUT2D eigenvalue weighted by Crippen LogP contribution is 2.30. The number of Topliss-reactive ketones (excluding diaryl/α,β-unsaturated/α-hetero) is 1. The van der Waals surface area contributed by atoms with Crippen LogP contribution in [0.25, 0.3) is 0 Å². The second-order valence-corrected chi connectivity index (χ2v) is 5.19. The zero-order valence-corrected chi connectivity index (χ0v) is 11.5. The lowest BCUT2D eigenvalue weighted by Gasteiger charge is -2.25. The maximum absolute atomic E-state index is 12.4. The van der Waals surface area contributed by atoms with Crippen LogP contribution in [0.2, 0.25) is 0 Å². The first-order chi connectivity index (χ1) is 9.74. The Hall–Kier alpha value is -2.00. The standard InChI is InChI=1S/C17H17NO2/c1-12-8-14(11-18-10-12)16(19)9-17-15-5-3-2-4-13(15)6-7-20-17/h2-5,8,10-11,17H,6-7,9H2,1H3. The molecule has 0 bridgehead atoms. The molecule has 0 fully saturated rings. The second-order valence-electron chi connectivity index (χ2n) is 5.19. The van der Waals surface area contributed by atoms with Gasteiger partial charge < -0.3 is 4.74 Å². The third-order valence-corrected chi connectivity index (χ3v) is 3.66. The van der Waals surface area contributed by atoms with Crippen LogP contribution < -0.4 is 0 Å². The molecule has 0 aliphatic carbocycles. The molecule has 0 saturated carbocycles. The predicted octanol–water partition coefficient (Wildman–Crippen LogP) is 3.28. The van der Waals surface area contributed by atoms with Gasteiger partial charge in [0.15, 0.2) is 5.78 Å². The fraction of sp³-hybridized carbons (Fsp3) is 0.294. The third kappa shape index (κ3) is 2.63. The van der Waals surface area contributed by atoms with E-state index in [0.717, 1.165) is 17.5 Å². The van der Waals surface area contributed by atoms with Crippen molar-refractivity contribution in [1.29, 1.82) is 0 Å². The molecule has 0 amide bonds. The van der Waals surface area contributed by atoms with Gasteiger partial charge in [0.05, 0.1) is 12.7 Å². The molecule has 1 unspecified atom stereocenters. The molecule has 3 rings (SSSR count). The molecule has 1 aromatic heterocycles. The van der Waals surface area contributed by atoms with Crippen LogP contribution in [0.1, 0.15) is 39.6 Å². The first kappa shape index (κ1) is 13.0. The highest BCUT2D eigenvalue weighted by molar-refractivity contribution is 5.96. The lowest BCUT2D eigenvalue weighted by Crippen LogP contribution is -2.19. The van der Waals surface area contributed by atoms with Gasteiger partial charge in [-0.2, -0.15) is 0 Å². The van der Waals surface area contributed by atoms with Crippen molar-refractivity contribution in [3.63, 3.8) is 0 Å². The summed E-state index contributed by atoms with van der Waals surface area (Å²) >= 11 is 0. The Kier molecular flexibility index (Phi) is 3.61. The van der Waals surface area contributed by atoms with Crippen molar-refractivity contribution in [2.24, 2.45) is 0 Å². The molecule has 1 aromatic carbocycles.